The summed E-state index contributed by atoms with van der Waals surface area (Å²) < 4.78 is 2.74. The first kappa shape index (κ1) is 8.55. The summed E-state index contributed by atoms with van der Waals surface area (Å²) in [6.07, 6.45) is 0.822. The SMILES string of the molecule is O=C(O)N1CCn2c(cnc2Br)C1. The highest BCUT2D eigenvalue weighted by atomic mass is 79.9. The van der Waals surface area contributed by atoms with Crippen molar-refractivity contribution in [1.82, 2.24) is 14.5 Å². The number of halogens is 1. The van der Waals surface area contributed by atoms with E-state index in [0.29, 0.717) is 19.6 Å². The summed E-state index contributed by atoms with van der Waals surface area (Å²) in [5.74, 6) is 0. The van der Waals surface area contributed by atoms with E-state index in [1.54, 1.807) is 6.20 Å². The highest BCUT2D eigenvalue weighted by molar-refractivity contribution is 9.10. The van der Waals surface area contributed by atoms with Crippen molar-refractivity contribution in [3.05, 3.63) is 16.6 Å². The summed E-state index contributed by atoms with van der Waals surface area (Å²) in [4.78, 5) is 16.1. The molecule has 0 saturated carbocycles. The Morgan fingerprint density at radius 2 is 2.38 bits per heavy atom. The predicted octanol–water partition coefficient (Wildman–Crippen LogP) is 1.14. The lowest BCUT2D eigenvalue weighted by atomic mass is 10.3. The Bertz CT molecular complexity index is 350. The van der Waals surface area contributed by atoms with Crippen LogP contribution in [0.1, 0.15) is 5.69 Å². The van der Waals surface area contributed by atoms with E-state index in [2.05, 4.69) is 20.9 Å². The van der Waals surface area contributed by atoms with Crippen LogP contribution in [0.25, 0.3) is 0 Å². The van der Waals surface area contributed by atoms with Gasteiger partial charge in [-0.2, -0.15) is 0 Å². The summed E-state index contributed by atoms with van der Waals surface area (Å²) >= 11 is 3.29. The van der Waals surface area contributed by atoms with Gasteiger partial charge in [0.2, 0.25) is 0 Å². The maximum atomic E-state index is 10.7. The third-order valence-corrected chi connectivity index (χ3v) is 2.74. The van der Waals surface area contributed by atoms with Crippen LogP contribution in [0, 0.1) is 0 Å². The third-order valence-electron chi connectivity index (χ3n) is 2.11. The van der Waals surface area contributed by atoms with Crippen molar-refractivity contribution < 1.29 is 9.90 Å². The molecule has 0 aromatic carbocycles. The van der Waals surface area contributed by atoms with Crippen molar-refractivity contribution in [2.75, 3.05) is 6.54 Å². The second kappa shape index (κ2) is 3.02. The molecule has 1 aliphatic heterocycles. The Balaban J connectivity index is 2.25. The summed E-state index contributed by atoms with van der Waals surface area (Å²) in [5, 5.41) is 8.76. The lowest BCUT2D eigenvalue weighted by molar-refractivity contribution is 0.132. The van der Waals surface area contributed by atoms with E-state index in [1.165, 1.54) is 4.90 Å². The first-order valence-electron chi connectivity index (χ1n) is 3.86. The molecule has 0 aliphatic carbocycles. The van der Waals surface area contributed by atoms with Gasteiger partial charge in [-0.15, -0.1) is 0 Å². The molecule has 2 rings (SSSR count). The van der Waals surface area contributed by atoms with Gasteiger partial charge in [0.05, 0.1) is 18.4 Å². The van der Waals surface area contributed by atoms with Gasteiger partial charge in [0.25, 0.3) is 0 Å². The zero-order valence-corrected chi connectivity index (χ0v) is 8.36. The lowest BCUT2D eigenvalue weighted by Crippen LogP contribution is -2.37. The molecule has 70 valence electrons. The highest BCUT2D eigenvalue weighted by Crippen LogP contribution is 2.17. The highest BCUT2D eigenvalue weighted by Gasteiger charge is 2.21. The Morgan fingerprint density at radius 1 is 1.62 bits per heavy atom. The monoisotopic (exact) mass is 245 g/mol. The van der Waals surface area contributed by atoms with Crippen molar-refractivity contribution in [3.8, 4) is 0 Å². The van der Waals surface area contributed by atoms with Gasteiger partial charge in [-0.1, -0.05) is 0 Å². The van der Waals surface area contributed by atoms with Crippen molar-refractivity contribution in [2.24, 2.45) is 0 Å². The van der Waals surface area contributed by atoms with Gasteiger partial charge >= 0.3 is 6.09 Å². The fourth-order valence-corrected chi connectivity index (χ4v) is 1.91. The number of hydrogen-bond acceptors (Lipinski definition) is 2. The van der Waals surface area contributed by atoms with Crippen LogP contribution in [0.3, 0.4) is 0 Å². The third kappa shape index (κ3) is 1.41. The maximum Gasteiger partial charge on any atom is 0.407 e. The molecule has 13 heavy (non-hydrogen) atoms. The molecule has 1 amide bonds. The van der Waals surface area contributed by atoms with Gasteiger partial charge in [0, 0.05) is 13.1 Å². The molecule has 2 heterocycles. The second-order valence-electron chi connectivity index (χ2n) is 2.87. The summed E-state index contributed by atoms with van der Waals surface area (Å²) in [6.45, 7) is 1.62. The smallest absolute Gasteiger partial charge is 0.407 e. The van der Waals surface area contributed by atoms with Gasteiger partial charge in [-0.05, 0) is 15.9 Å². The van der Waals surface area contributed by atoms with Crippen LogP contribution >= 0.6 is 15.9 Å². The van der Waals surface area contributed by atoms with Crippen LogP contribution in [0.4, 0.5) is 4.79 Å². The average Bonchev–Trinajstić information content (AvgIpc) is 2.47. The molecule has 1 aromatic heterocycles. The molecule has 0 saturated heterocycles. The first-order chi connectivity index (χ1) is 6.18. The molecule has 0 spiro atoms. The molecule has 1 aromatic rings. The van der Waals surface area contributed by atoms with Crippen molar-refractivity contribution in [1.29, 1.82) is 0 Å². The summed E-state index contributed by atoms with van der Waals surface area (Å²) in [5.41, 5.74) is 0.931. The predicted molar refractivity (Wildman–Crippen MR) is 48.4 cm³/mol. The minimum Gasteiger partial charge on any atom is -0.465 e. The Morgan fingerprint density at radius 3 is 3.08 bits per heavy atom. The van der Waals surface area contributed by atoms with E-state index >= 15 is 0 Å². The first-order valence-corrected chi connectivity index (χ1v) is 4.65. The number of amides is 1. The van der Waals surface area contributed by atoms with Crippen LogP contribution in [-0.2, 0) is 13.1 Å². The largest absolute Gasteiger partial charge is 0.465 e. The van der Waals surface area contributed by atoms with E-state index in [1.807, 2.05) is 4.57 Å². The Hall–Kier alpha value is -1.04. The molecule has 0 atom stereocenters. The normalized spacial score (nSPS) is 15.6. The molecule has 0 fully saturated rings. The summed E-state index contributed by atoms with van der Waals surface area (Å²) in [7, 11) is 0. The average molecular weight is 246 g/mol. The van der Waals surface area contributed by atoms with Gasteiger partial charge in [-0.25, -0.2) is 9.78 Å². The molecule has 1 aliphatic rings. The number of hydrogen-bond donors (Lipinski definition) is 1. The van der Waals surface area contributed by atoms with Crippen molar-refractivity contribution in [3.63, 3.8) is 0 Å². The molecular weight excluding hydrogens is 238 g/mol. The number of imidazole rings is 1. The maximum absolute atomic E-state index is 10.7. The van der Waals surface area contributed by atoms with Gasteiger partial charge in [0.15, 0.2) is 4.73 Å². The van der Waals surface area contributed by atoms with E-state index in [0.717, 1.165) is 10.4 Å². The van der Waals surface area contributed by atoms with Gasteiger partial charge < -0.3 is 14.6 Å². The minimum atomic E-state index is -0.872. The van der Waals surface area contributed by atoms with Crippen LogP contribution in [0.15, 0.2) is 10.9 Å². The number of rotatable bonds is 0. The van der Waals surface area contributed by atoms with Crippen LogP contribution in [-0.4, -0.2) is 32.2 Å². The zero-order chi connectivity index (χ0) is 9.42. The minimum absolute atomic E-state index is 0.425. The van der Waals surface area contributed by atoms with E-state index in [-0.39, 0.29) is 0 Å². The Kier molecular flexibility index (Phi) is 1.99. The second-order valence-corrected chi connectivity index (χ2v) is 3.58. The lowest BCUT2D eigenvalue weighted by Gasteiger charge is -2.25. The molecule has 1 N–H and O–H groups in total. The number of carboxylic acid groups (broad SMARTS) is 1. The number of aromatic nitrogens is 2. The molecule has 0 bridgehead atoms. The molecule has 0 radical (unpaired) electrons. The summed E-state index contributed by atoms with van der Waals surface area (Å²) in [6, 6.07) is 0. The number of carbonyl (C=O) groups is 1. The van der Waals surface area contributed by atoms with E-state index < -0.39 is 6.09 Å². The standard InChI is InChI=1S/C7H8BrN3O2/c8-6-9-3-5-4-10(7(12)13)1-2-11(5)6/h3H,1-2,4H2,(H,12,13). The molecule has 6 heteroatoms. The fraction of sp³-hybridized carbons (Fsp3) is 0.429. The van der Waals surface area contributed by atoms with Gasteiger partial charge in [-0.3, -0.25) is 0 Å². The fourth-order valence-electron chi connectivity index (χ4n) is 1.41. The Labute approximate surface area is 83.1 Å². The van der Waals surface area contributed by atoms with Crippen LogP contribution in [0.5, 0.6) is 0 Å². The van der Waals surface area contributed by atoms with Crippen molar-refractivity contribution in [2.45, 2.75) is 13.1 Å². The zero-order valence-electron chi connectivity index (χ0n) is 6.77. The van der Waals surface area contributed by atoms with E-state index in [4.69, 9.17) is 5.11 Å². The molecule has 5 nitrogen and oxygen atoms in total. The van der Waals surface area contributed by atoms with Crippen LogP contribution in [0.2, 0.25) is 0 Å². The number of fused-ring (bicyclic) bond motifs is 1. The topological polar surface area (TPSA) is 58.4 Å². The van der Waals surface area contributed by atoms with Crippen LogP contribution < -0.4 is 0 Å². The van der Waals surface area contributed by atoms with E-state index in [9.17, 15) is 4.79 Å². The molecular formula is C7H8BrN3O2. The van der Waals surface area contributed by atoms with Gasteiger partial charge in [0.1, 0.15) is 0 Å². The number of nitrogens with zero attached hydrogens (tertiary/aromatic N) is 3. The van der Waals surface area contributed by atoms with Crippen molar-refractivity contribution >= 4 is 22.0 Å². The molecule has 0 unspecified atom stereocenters. The quantitative estimate of drug-likeness (QED) is 0.746.